The van der Waals surface area contributed by atoms with Gasteiger partial charge in [-0.25, -0.2) is 9.97 Å². The number of aliphatic hydroxyl groups excluding tert-OH is 1. The maximum Gasteiger partial charge on any atom is 0.229 e. The lowest BCUT2D eigenvalue weighted by molar-refractivity contribution is -0.122. The molecular weight excluding hydrogens is 358 g/mol. The highest BCUT2D eigenvalue weighted by atomic mass is 16.5. The van der Waals surface area contributed by atoms with Gasteiger partial charge in [0.05, 0.1) is 6.61 Å². The summed E-state index contributed by atoms with van der Waals surface area (Å²) in [5.41, 5.74) is 2.36. The van der Waals surface area contributed by atoms with Gasteiger partial charge < -0.3 is 25.4 Å². The summed E-state index contributed by atoms with van der Waals surface area (Å²) in [6, 6.07) is 3.84. The van der Waals surface area contributed by atoms with Crippen LogP contribution in [0.3, 0.4) is 0 Å². The highest BCUT2D eigenvalue weighted by Gasteiger charge is 2.25. The van der Waals surface area contributed by atoms with Gasteiger partial charge in [-0.15, -0.1) is 0 Å². The molecule has 0 bridgehead atoms. The van der Waals surface area contributed by atoms with Crippen LogP contribution in [0, 0.1) is 6.92 Å². The Morgan fingerprint density at radius 3 is 2.71 bits per heavy atom. The lowest BCUT2D eigenvalue weighted by Gasteiger charge is -2.19. The van der Waals surface area contributed by atoms with Gasteiger partial charge in [0.2, 0.25) is 11.7 Å². The zero-order valence-electron chi connectivity index (χ0n) is 17.2. The van der Waals surface area contributed by atoms with Crippen molar-refractivity contribution in [3.05, 3.63) is 29.6 Å². The zero-order chi connectivity index (χ0) is 20.7. The van der Waals surface area contributed by atoms with E-state index in [9.17, 15) is 5.11 Å². The average molecular weight is 388 g/mol. The zero-order valence-corrected chi connectivity index (χ0v) is 17.2. The molecule has 0 saturated heterocycles. The third-order valence-electron chi connectivity index (χ3n) is 3.93. The number of aliphatic hydroxyl groups is 1. The van der Waals surface area contributed by atoms with E-state index in [1.165, 1.54) is 0 Å². The summed E-state index contributed by atoms with van der Waals surface area (Å²) in [4.78, 5) is 15.3. The Bertz CT molecular complexity index is 809. The summed E-state index contributed by atoms with van der Waals surface area (Å²) in [7, 11) is 3.68. The van der Waals surface area contributed by atoms with Crippen LogP contribution in [-0.4, -0.2) is 65.7 Å². The number of hydrogen-bond acceptors (Lipinski definition) is 8. The number of nitrogens with zero attached hydrogens (tertiary/aromatic N) is 4. The second-order valence-corrected chi connectivity index (χ2v) is 6.59. The van der Waals surface area contributed by atoms with E-state index in [1.807, 2.05) is 40.1 Å². The van der Waals surface area contributed by atoms with Crippen LogP contribution in [0.1, 0.15) is 25.1 Å². The van der Waals surface area contributed by atoms with Crippen molar-refractivity contribution in [3.8, 4) is 0 Å². The molecule has 0 aliphatic carbocycles. The molecule has 0 saturated carbocycles. The fraction of sp³-hybridized carbons (Fsp3) is 0.474. The van der Waals surface area contributed by atoms with Crippen LogP contribution >= 0.6 is 0 Å². The minimum Gasteiger partial charge on any atom is -0.382 e. The van der Waals surface area contributed by atoms with Crippen molar-refractivity contribution in [2.45, 2.75) is 26.9 Å². The molecule has 2 aromatic rings. The molecule has 1 atom stereocenters. The third kappa shape index (κ3) is 5.61. The average Bonchev–Trinajstić information content (AvgIpc) is 2.65. The number of pyridine rings is 1. The van der Waals surface area contributed by atoms with Gasteiger partial charge in [-0.3, -0.25) is 5.41 Å². The number of nitrogens with one attached hydrogen (secondary N) is 2. The van der Waals surface area contributed by atoms with Crippen molar-refractivity contribution in [2.24, 2.45) is 0 Å². The van der Waals surface area contributed by atoms with Crippen molar-refractivity contribution in [3.63, 3.8) is 0 Å². The summed E-state index contributed by atoms with van der Waals surface area (Å²) < 4.78 is 5.41. The Morgan fingerprint density at radius 2 is 2.11 bits per heavy atom. The molecule has 0 amide bonds. The molecule has 9 heteroatoms. The SMILES string of the molecule is CCOCCNc1c(Nc2cc(C)ccn2)nc(N(C)C)nc1C(=[NH2+])C(C)O. The van der Waals surface area contributed by atoms with Crippen molar-refractivity contribution < 1.29 is 15.3 Å². The Labute approximate surface area is 165 Å². The summed E-state index contributed by atoms with van der Waals surface area (Å²) in [6.45, 7) is 7.22. The molecule has 2 rings (SSSR count). The fourth-order valence-corrected chi connectivity index (χ4v) is 2.43. The molecule has 0 radical (unpaired) electrons. The predicted molar refractivity (Wildman–Crippen MR) is 111 cm³/mol. The van der Waals surface area contributed by atoms with Crippen LogP contribution in [0.2, 0.25) is 0 Å². The van der Waals surface area contributed by atoms with Crippen molar-refractivity contribution >= 4 is 29.0 Å². The van der Waals surface area contributed by atoms with E-state index < -0.39 is 6.10 Å². The van der Waals surface area contributed by atoms with Gasteiger partial charge in [0.25, 0.3) is 0 Å². The lowest BCUT2D eigenvalue weighted by atomic mass is 10.1. The topological polar surface area (TPSA) is 121 Å². The van der Waals surface area contributed by atoms with Crippen LogP contribution < -0.4 is 20.9 Å². The molecule has 0 aliphatic rings. The normalized spacial score (nSPS) is 11.8. The first-order valence-corrected chi connectivity index (χ1v) is 9.24. The molecule has 0 fully saturated rings. The molecule has 1 unspecified atom stereocenters. The number of aromatic nitrogens is 3. The van der Waals surface area contributed by atoms with Gasteiger partial charge in [0.15, 0.2) is 11.5 Å². The van der Waals surface area contributed by atoms with Crippen LogP contribution in [0.4, 0.5) is 23.3 Å². The van der Waals surface area contributed by atoms with Crippen LogP contribution in [0.25, 0.3) is 0 Å². The van der Waals surface area contributed by atoms with E-state index in [2.05, 4.69) is 25.6 Å². The van der Waals surface area contributed by atoms with Crippen LogP contribution in [0.5, 0.6) is 0 Å². The molecule has 152 valence electrons. The maximum atomic E-state index is 10.0. The fourth-order valence-electron chi connectivity index (χ4n) is 2.43. The van der Waals surface area contributed by atoms with E-state index in [0.717, 1.165) is 5.56 Å². The predicted octanol–water partition coefficient (Wildman–Crippen LogP) is 0.367. The highest BCUT2D eigenvalue weighted by Crippen LogP contribution is 2.28. The lowest BCUT2D eigenvalue weighted by Crippen LogP contribution is -2.47. The molecule has 2 aromatic heterocycles. The van der Waals surface area contributed by atoms with E-state index in [1.54, 1.807) is 18.0 Å². The number of hydrogen-bond donors (Lipinski definition) is 4. The van der Waals surface area contributed by atoms with Gasteiger partial charge in [0.1, 0.15) is 17.6 Å². The highest BCUT2D eigenvalue weighted by molar-refractivity contribution is 6.04. The molecule has 0 aromatic carbocycles. The standard InChI is InChI=1S/C19H29N7O2/c1-6-28-10-9-22-17-16(15(20)13(3)27)24-19(26(4)5)25-18(17)23-14-11-12(2)7-8-21-14/h7-8,11,13,20,22,27H,6,9-10H2,1-5H3,(H,21,23,24,25)/p+1. The summed E-state index contributed by atoms with van der Waals surface area (Å²) in [5.74, 6) is 1.63. The Balaban J connectivity index is 2.51. The summed E-state index contributed by atoms with van der Waals surface area (Å²) in [6.07, 6.45) is 0.868. The van der Waals surface area contributed by atoms with E-state index in [-0.39, 0.29) is 5.71 Å². The number of nitrogens with two attached hydrogens (primary N) is 1. The van der Waals surface area contributed by atoms with Crippen LogP contribution in [-0.2, 0) is 4.74 Å². The number of ether oxygens (including phenoxy) is 1. The Morgan fingerprint density at radius 1 is 1.36 bits per heavy atom. The number of anilines is 4. The molecular formula is C19H30N7O2+. The molecule has 0 aliphatic heterocycles. The van der Waals surface area contributed by atoms with Crippen molar-refractivity contribution in [1.82, 2.24) is 15.0 Å². The molecule has 5 N–H and O–H groups in total. The van der Waals surface area contributed by atoms with Gasteiger partial charge >= 0.3 is 0 Å². The van der Waals surface area contributed by atoms with E-state index in [4.69, 9.17) is 10.1 Å². The van der Waals surface area contributed by atoms with Crippen LogP contribution in [0.15, 0.2) is 18.3 Å². The monoisotopic (exact) mass is 388 g/mol. The first-order chi connectivity index (χ1) is 13.3. The first kappa shape index (κ1) is 21.5. The summed E-state index contributed by atoms with van der Waals surface area (Å²) >= 11 is 0. The van der Waals surface area contributed by atoms with Gasteiger partial charge in [0, 0.05) is 33.4 Å². The second-order valence-electron chi connectivity index (χ2n) is 6.59. The van der Waals surface area contributed by atoms with Gasteiger partial charge in [-0.2, -0.15) is 4.98 Å². The Hall–Kier alpha value is -2.78. The molecule has 28 heavy (non-hydrogen) atoms. The molecule has 0 spiro atoms. The summed E-state index contributed by atoms with van der Waals surface area (Å²) in [5, 5.41) is 22.7. The Kier molecular flexibility index (Phi) is 7.65. The minimum absolute atomic E-state index is 0.254. The second kappa shape index (κ2) is 9.95. The quantitative estimate of drug-likeness (QED) is 0.340. The number of rotatable bonds is 10. The minimum atomic E-state index is -0.859. The van der Waals surface area contributed by atoms with Crippen molar-refractivity contribution in [1.29, 1.82) is 0 Å². The smallest absolute Gasteiger partial charge is 0.229 e. The molecule has 2 heterocycles. The largest absolute Gasteiger partial charge is 0.382 e. The first-order valence-electron chi connectivity index (χ1n) is 9.24. The maximum absolute atomic E-state index is 10.0. The van der Waals surface area contributed by atoms with E-state index in [0.29, 0.717) is 48.7 Å². The van der Waals surface area contributed by atoms with Gasteiger partial charge in [-0.1, -0.05) is 0 Å². The number of aryl methyl sites for hydroxylation is 1. The van der Waals surface area contributed by atoms with Gasteiger partial charge in [-0.05, 0) is 38.5 Å². The molecule has 9 nitrogen and oxygen atoms in total. The van der Waals surface area contributed by atoms with Crippen molar-refractivity contribution in [2.75, 3.05) is 49.4 Å². The van der Waals surface area contributed by atoms with E-state index >= 15 is 0 Å². The third-order valence-corrected chi connectivity index (χ3v) is 3.93.